The fourth-order valence-electron chi connectivity index (χ4n) is 3.46. The van der Waals surface area contributed by atoms with E-state index in [1.165, 1.54) is 4.90 Å². The zero-order valence-corrected chi connectivity index (χ0v) is 15.1. The maximum absolute atomic E-state index is 12.3. The van der Waals surface area contributed by atoms with Gasteiger partial charge in [0.2, 0.25) is 0 Å². The molecule has 140 valence electrons. The third-order valence-corrected chi connectivity index (χ3v) is 4.83. The standard InChI is InChI=1S/C21H22N2O4/c24-20-16-7-1-2-8-17(16)21(25)23(20)11-4-3-10-22-14-15-6-5-9-18-19(15)27-13-12-26-18/h1-2,5-9,22H,3-4,10-14H2. The Morgan fingerprint density at radius 2 is 1.63 bits per heavy atom. The van der Waals surface area contributed by atoms with Crippen LogP contribution >= 0.6 is 0 Å². The van der Waals surface area contributed by atoms with Crippen molar-refractivity contribution in [2.45, 2.75) is 19.4 Å². The average Bonchev–Trinajstić information content (AvgIpc) is 2.95. The van der Waals surface area contributed by atoms with Gasteiger partial charge in [-0.2, -0.15) is 0 Å². The maximum atomic E-state index is 12.3. The summed E-state index contributed by atoms with van der Waals surface area (Å²) in [6.45, 7) is 3.10. The van der Waals surface area contributed by atoms with Gasteiger partial charge in [-0.1, -0.05) is 24.3 Å². The molecule has 0 aromatic heterocycles. The number of rotatable bonds is 7. The lowest BCUT2D eigenvalue weighted by atomic mass is 10.1. The van der Waals surface area contributed by atoms with E-state index in [1.807, 2.05) is 18.2 Å². The van der Waals surface area contributed by atoms with Gasteiger partial charge in [0.1, 0.15) is 13.2 Å². The van der Waals surface area contributed by atoms with Crippen LogP contribution in [0.25, 0.3) is 0 Å². The van der Waals surface area contributed by atoms with Crippen molar-refractivity contribution < 1.29 is 19.1 Å². The van der Waals surface area contributed by atoms with Crippen LogP contribution in [0.2, 0.25) is 0 Å². The molecule has 0 saturated carbocycles. The molecule has 1 N–H and O–H groups in total. The number of amides is 2. The van der Waals surface area contributed by atoms with Crippen molar-refractivity contribution in [3.05, 3.63) is 59.2 Å². The van der Waals surface area contributed by atoms with Crippen molar-refractivity contribution in [3.63, 3.8) is 0 Å². The minimum absolute atomic E-state index is 0.184. The molecule has 0 bridgehead atoms. The summed E-state index contributed by atoms with van der Waals surface area (Å²) in [5.74, 6) is 1.25. The van der Waals surface area contributed by atoms with E-state index in [9.17, 15) is 9.59 Å². The Morgan fingerprint density at radius 1 is 0.889 bits per heavy atom. The van der Waals surface area contributed by atoms with Gasteiger partial charge in [0.25, 0.3) is 11.8 Å². The Balaban J connectivity index is 1.22. The number of carbonyl (C=O) groups is 2. The van der Waals surface area contributed by atoms with Crippen molar-refractivity contribution in [3.8, 4) is 11.5 Å². The van der Waals surface area contributed by atoms with Gasteiger partial charge < -0.3 is 14.8 Å². The molecule has 2 aromatic rings. The summed E-state index contributed by atoms with van der Waals surface area (Å²) in [7, 11) is 0. The Labute approximate surface area is 158 Å². The molecule has 0 unspecified atom stereocenters. The maximum Gasteiger partial charge on any atom is 0.261 e. The molecular weight excluding hydrogens is 344 g/mol. The lowest BCUT2D eigenvalue weighted by Gasteiger charge is -2.21. The van der Waals surface area contributed by atoms with E-state index in [1.54, 1.807) is 24.3 Å². The average molecular weight is 366 g/mol. The van der Waals surface area contributed by atoms with Gasteiger partial charge in [-0.15, -0.1) is 0 Å². The normalized spacial score (nSPS) is 15.2. The van der Waals surface area contributed by atoms with Crippen molar-refractivity contribution in [2.75, 3.05) is 26.3 Å². The van der Waals surface area contributed by atoms with E-state index in [-0.39, 0.29) is 11.8 Å². The van der Waals surface area contributed by atoms with Gasteiger partial charge in [-0.05, 0) is 37.6 Å². The van der Waals surface area contributed by atoms with Gasteiger partial charge in [0.05, 0.1) is 11.1 Å². The Hall–Kier alpha value is -2.86. The fourth-order valence-corrected chi connectivity index (χ4v) is 3.46. The zero-order valence-electron chi connectivity index (χ0n) is 15.1. The molecule has 2 heterocycles. The Kier molecular flexibility index (Phi) is 5.07. The number of unbranched alkanes of at least 4 members (excludes halogenated alkanes) is 1. The first-order valence-electron chi connectivity index (χ1n) is 9.29. The van der Waals surface area contributed by atoms with E-state index >= 15 is 0 Å². The highest BCUT2D eigenvalue weighted by molar-refractivity contribution is 6.21. The first-order chi connectivity index (χ1) is 13.3. The molecular formula is C21H22N2O4. The third-order valence-electron chi connectivity index (χ3n) is 4.83. The van der Waals surface area contributed by atoms with Gasteiger partial charge in [-0.3, -0.25) is 14.5 Å². The quantitative estimate of drug-likeness (QED) is 0.603. The second-order valence-corrected chi connectivity index (χ2v) is 6.63. The predicted molar refractivity (Wildman–Crippen MR) is 100 cm³/mol. The molecule has 0 saturated heterocycles. The van der Waals surface area contributed by atoms with E-state index in [4.69, 9.17) is 9.47 Å². The number of nitrogens with zero attached hydrogens (tertiary/aromatic N) is 1. The number of imide groups is 1. The van der Waals surface area contributed by atoms with Crippen LogP contribution in [0.15, 0.2) is 42.5 Å². The number of hydrogen-bond donors (Lipinski definition) is 1. The summed E-state index contributed by atoms with van der Waals surface area (Å²) in [6, 6.07) is 12.9. The largest absolute Gasteiger partial charge is 0.486 e. The van der Waals surface area contributed by atoms with E-state index in [0.717, 1.165) is 36.4 Å². The summed E-state index contributed by atoms with van der Waals surface area (Å²) < 4.78 is 11.3. The molecule has 0 atom stereocenters. The Morgan fingerprint density at radius 3 is 2.41 bits per heavy atom. The highest BCUT2D eigenvalue weighted by atomic mass is 16.6. The molecule has 27 heavy (non-hydrogen) atoms. The first-order valence-corrected chi connectivity index (χ1v) is 9.29. The second kappa shape index (κ2) is 7.80. The van der Waals surface area contributed by atoms with Crippen LogP contribution in [0.4, 0.5) is 0 Å². The monoisotopic (exact) mass is 366 g/mol. The van der Waals surface area contributed by atoms with Crippen molar-refractivity contribution in [2.24, 2.45) is 0 Å². The van der Waals surface area contributed by atoms with Crippen LogP contribution in [-0.2, 0) is 6.54 Å². The van der Waals surface area contributed by atoms with Crippen LogP contribution in [-0.4, -0.2) is 43.0 Å². The molecule has 2 aliphatic heterocycles. The molecule has 2 amide bonds. The summed E-state index contributed by atoms with van der Waals surface area (Å²) in [4.78, 5) is 26.0. The number of carbonyl (C=O) groups excluding carboxylic acids is 2. The number of fused-ring (bicyclic) bond motifs is 2. The van der Waals surface area contributed by atoms with Crippen LogP contribution in [0.1, 0.15) is 39.1 Å². The van der Waals surface area contributed by atoms with Crippen LogP contribution in [0.3, 0.4) is 0 Å². The van der Waals surface area contributed by atoms with E-state index in [0.29, 0.717) is 37.4 Å². The number of hydrogen-bond acceptors (Lipinski definition) is 5. The van der Waals surface area contributed by atoms with Crippen LogP contribution in [0.5, 0.6) is 11.5 Å². The topological polar surface area (TPSA) is 67.9 Å². The minimum atomic E-state index is -0.184. The van der Waals surface area contributed by atoms with Gasteiger partial charge in [-0.25, -0.2) is 0 Å². The summed E-state index contributed by atoms with van der Waals surface area (Å²) in [5.41, 5.74) is 2.10. The smallest absolute Gasteiger partial charge is 0.261 e. The zero-order chi connectivity index (χ0) is 18.6. The van der Waals surface area contributed by atoms with E-state index in [2.05, 4.69) is 5.32 Å². The molecule has 0 radical (unpaired) electrons. The minimum Gasteiger partial charge on any atom is -0.486 e. The molecule has 2 aromatic carbocycles. The molecule has 0 aliphatic carbocycles. The van der Waals surface area contributed by atoms with Crippen LogP contribution in [0, 0.1) is 0 Å². The number of benzene rings is 2. The Bertz CT molecular complexity index is 830. The lowest BCUT2D eigenvalue weighted by Crippen LogP contribution is -2.31. The molecule has 0 fully saturated rings. The third kappa shape index (κ3) is 3.53. The van der Waals surface area contributed by atoms with E-state index < -0.39 is 0 Å². The molecule has 4 rings (SSSR count). The molecule has 6 heteroatoms. The highest BCUT2D eigenvalue weighted by Crippen LogP contribution is 2.33. The van der Waals surface area contributed by atoms with Crippen molar-refractivity contribution in [1.29, 1.82) is 0 Å². The second-order valence-electron chi connectivity index (χ2n) is 6.63. The first kappa shape index (κ1) is 17.5. The van der Waals surface area contributed by atoms with Gasteiger partial charge in [0, 0.05) is 18.7 Å². The predicted octanol–water partition coefficient (Wildman–Crippen LogP) is 2.62. The summed E-state index contributed by atoms with van der Waals surface area (Å²) >= 11 is 0. The van der Waals surface area contributed by atoms with Crippen molar-refractivity contribution in [1.82, 2.24) is 10.2 Å². The SMILES string of the molecule is O=C1c2ccccc2C(=O)N1CCCCNCc1cccc2c1OCCO2. The molecule has 0 spiro atoms. The van der Waals surface area contributed by atoms with Gasteiger partial charge >= 0.3 is 0 Å². The molecule has 2 aliphatic rings. The lowest BCUT2D eigenvalue weighted by molar-refractivity contribution is 0.0651. The molecule has 6 nitrogen and oxygen atoms in total. The fraction of sp³-hybridized carbons (Fsp3) is 0.333. The van der Waals surface area contributed by atoms with Gasteiger partial charge in [0.15, 0.2) is 11.5 Å². The number of ether oxygens (including phenoxy) is 2. The number of para-hydroxylation sites is 1. The summed E-state index contributed by atoms with van der Waals surface area (Å²) in [5, 5.41) is 3.39. The number of nitrogens with one attached hydrogen (secondary N) is 1. The summed E-state index contributed by atoms with van der Waals surface area (Å²) in [6.07, 6.45) is 1.64. The van der Waals surface area contributed by atoms with Crippen LogP contribution < -0.4 is 14.8 Å². The van der Waals surface area contributed by atoms with Crippen molar-refractivity contribution >= 4 is 11.8 Å². The highest BCUT2D eigenvalue weighted by Gasteiger charge is 2.34.